The van der Waals surface area contributed by atoms with Crippen LogP contribution in [0.15, 0.2) is 103 Å². The van der Waals surface area contributed by atoms with Crippen molar-refractivity contribution in [1.82, 2.24) is 20.4 Å². The van der Waals surface area contributed by atoms with Crippen LogP contribution < -0.4 is 21.3 Å². The molecule has 0 saturated carbocycles. The van der Waals surface area contributed by atoms with Crippen molar-refractivity contribution in [3.05, 3.63) is 131 Å². The lowest BCUT2D eigenvalue weighted by Crippen LogP contribution is -2.67. The summed E-state index contributed by atoms with van der Waals surface area (Å²) in [6.45, 7) is 2.05. The molecule has 1 unspecified atom stereocenters. The van der Waals surface area contributed by atoms with Gasteiger partial charge in [-0.15, -0.1) is 0 Å². The molecule has 0 spiro atoms. The predicted molar refractivity (Wildman–Crippen MR) is 190 cm³/mol. The number of nitrogens with zero attached hydrogens (tertiary/aromatic N) is 2. The maximum absolute atomic E-state index is 14.7. The number of rotatable bonds is 5. The number of aryl methyl sites for hydroxylation is 1. The number of para-hydroxylation sites is 1. The molecule has 8 atom stereocenters. The summed E-state index contributed by atoms with van der Waals surface area (Å²) in [5, 5.41) is 13.7. The molecule has 6 aliphatic rings. The van der Waals surface area contributed by atoms with Gasteiger partial charge in [-0.3, -0.25) is 19.2 Å². The Hall–Kier alpha value is -5.64. The van der Waals surface area contributed by atoms with Gasteiger partial charge in [0.2, 0.25) is 23.6 Å². The zero-order valence-corrected chi connectivity index (χ0v) is 28.1. The fraction of sp³-hybridized carbons (Fsp3) is 0.317. The van der Waals surface area contributed by atoms with E-state index in [2.05, 4.69) is 52.5 Å². The van der Waals surface area contributed by atoms with Gasteiger partial charge in [-0.1, -0.05) is 96.6 Å². The summed E-state index contributed by atoms with van der Waals surface area (Å²) in [5.41, 5.74) is 5.06. The summed E-state index contributed by atoms with van der Waals surface area (Å²) >= 11 is 0. The summed E-state index contributed by atoms with van der Waals surface area (Å²) in [5.74, 6) is -0.627. The summed E-state index contributed by atoms with van der Waals surface area (Å²) in [7, 11) is 0. The quantitative estimate of drug-likeness (QED) is 0.257. The number of carbonyl (C=O) groups is 4. The third kappa shape index (κ3) is 3.98. The Morgan fingerprint density at radius 2 is 1.04 bits per heavy atom. The molecule has 0 aliphatic carbocycles. The first kappa shape index (κ1) is 30.2. The molecule has 4 amide bonds. The SMILES string of the molecule is Cc1ccc2c(c1)[C@]1([C@]34C[C@H]5C(=O)N[C@@H](Cc6ccccc6)C(=O)N5[C@H]3Nc3ccccc34)C[C@H]3C(=O)N[C@@H](Cc4ccccc4)C(=O)N3C1N2. The molecule has 4 saturated heterocycles. The number of carbonyl (C=O) groups excluding carboxylic acids is 4. The molecule has 51 heavy (non-hydrogen) atoms. The monoisotopic (exact) mass is 678 g/mol. The predicted octanol–water partition coefficient (Wildman–Crippen LogP) is 3.36. The first-order chi connectivity index (χ1) is 24.8. The van der Waals surface area contributed by atoms with Crippen LogP contribution >= 0.6 is 0 Å². The fourth-order valence-corrected chi connectivity index (χ4v) is 10.5. The van der Waals surface area contributed by atoms with Crippen molar-refractivity contribution in [3.63, 3.8) is 0 Å². The van der Waals surface area contributed by atoms with E-state index in [1.54, 1.807) is 9.80 Å². The van der Waals surface area contributed by atoms with Crippen LogP contribution in [0.1, 0.15) is 40.7 Å². The lowest BCUT2D eigenvalue weighted by molar-refractivity contribution is -0.149. The van der Waals surface area contributed by atoms with Crippen molar-refractivity contribution >= 4 is 35.0 Å². The molecule has 4 aromatic rings. The van der Waals surface area contributed by atoms with Gasteiger partial charge >= 0.3 is 0 Å². The number of fused-ring (bicyclic) bond motifs is 11. The van der Waals surface area contributed by atoms with E-state index in [0.717, 1.165) is 39.2 Å². The highest BCUT2D eigenvalue weighted by atomic mass is 16.2. The molecule has 0 radical (unpaired) electrons. The highest BCUT2D eigenvalue weighted by molar-refractivity contribution is 6.01. The molecule has 6 aliphatic heterocycles. The van der Waals surface area contributed by atoms with Crippen molar-refractivity contribution in [2.24, 2.45) is 0 Å². The van der Waals surface area contributed by atoms with Crippen molar-refractivity contribution in [2.45, 2.75) is 79.9 Å². The van der Waals surface area contributed by atoms with E-state index in [1.165, 1.54) is 0 Å². The lowest BCUT2D eigenvalue weighted by Gasteiger charge is -2.48. The van der Waals surface area contributed by atoms with Crippen molar-refractivity contribution in [1.29, 1.82) is 0 Å². The Kier molecular flexibility index (Phi) is 6.33. The Morgan fingerprint density at radius 1 is 0.569 bits per heavy atom. The maximum Gasteiger partial charge on any atom is 0.247 e. The zero-order chi connectivity index (χ0) is 34.6. The molecule has 4 aromatic carbocycles. The van der Waals surface area contributed by atoms with E-state index in [-0.39, 0.29) is 23.6 Å². The van der Waals surface area contributed by atoms with E-state index in [4.69, 9.17) is 0 Å². The van der Waals surface area contributed by atoms with Crippen LogP contribution in [-0.2, 0) is 42.8 Å². The molecule has 4 fully saturated rings. The third-order valence-electron chi connectivity index (χ3n) is 12.5. The number of hydrogen-bond acceptors (Lipinski definition) is 6. The minimum Gasteiger partial charge on any atom is -0.364 e. The van der Waals surface area contributed by atoms with E-state index in [0.29, 0.717) is 25.7 Å². The Labute approximate surface area is 295 Å². The molecule has 10 heteroatoms. The van der Waals surface area contributed by atoms with Gasteiger partial charge in [-0.05, 0) is 54.2 Å². The summed E-state index contributed by atoms with van der Waals surface area (Å²) in [6.07, 6.45) is 0.260. The molecule has 256 valence electrons. The van der Waals surface area contributed by atoms with Crippen LogP contribution in [0.5, 0.6) is 0 Å². The van der Waals surface area contributed by atoms with Crippen LogP contribution in [0.2, 0.25) is 0 Å². The summed E-state index contributed by atoms with van der Waals surface area (Å²) in [4.78, 5) is 61.4. The van der Waals surface area contributed by atoms with Crippen LogP contribution in [0.3, 0.4) is 0 Å². The Morgan fingerprint density at radius 3 is 1.59 bits per heavy atom. The van der Waals surface area contributed by atoms with Gasteiger partial charge in [-0.25, -0.2) is 0 Å². The van der Waals surface area contributed by atoms with E-state index in [9.17, 15) is 19.2 Å². The molecule has 4 N–H and O–H groups in total. The van der Waals surface area contributed by atoms with Crippen molar-refractivity contribution < 1.29 is 19.2 Å². The van der Waals surface area contributed by atoms with E-state index in [1.807, 2.05) is 78.9 Å². The number of piperazine rings is 2. The topological polar surface area (TPSA) is 123 Å². The number of hydrogen-bond donors (Lipinski definition) is 4. The number of nitrogens with one attached hydrogen (secondary N) is 4. The van der Waals surface area contributed by atoms with Gasteiger partial charge in [0.05, 0.1) is 10.8 Å². The second-order valence-electron chi connectivity index (χ2n) is 15.1. The standard InChI is InChI=1S/C41H38N6O4/c1-23-16-17-29-27(18-23)41(22-33-35(49)43-31(20-25-12-6-3-7-13-25)37(51)47(33)39(41)45-29)40-21-32-34(48)42-30(19-24-10-4-2-5-11-24)36(50)46(32)38(40)44-28-15-9-8-14-26(28)40/h2-18,30-33,38-39,44-45H,19-22H2,1H3,(H,42,48)(H,43,49)/t30-,31-,32-,33-,38+,39?,40-,41+/m0/s1. The Bertz CT molecular complexity index is 2140. The smallest absolute Gasteiger partial charge is 0.247 e. The third-order valence-corrected chi connectivity index (χ3v) is 12.5. The normalized spacial score (nSPS) is 32.5. The largest absolute Gasteiger partial charge is 0.364 e. The molecular formula is C41H38N6O4. The molecule has 10 rings (SSSR count). The Balaban J connectivity index is 1.14. The highest BCUT2D eigenvalue weighted by Gasteiger charge is 2.78. The zero-order valence-electron chi connectivity index (χ0n) is 28.1. The molecule has 6 heterocycles. The van der Waals surface area contributed by atoms with Crippen LogP contribution in [0.25, 0.3) is 0 Å². The van der Waals surface area contributed by atoms with Gasteiger partial charge in [0.25, 0.3) is 0 Å². The first-order valence-electron chi connectivity index (χ1n) is 17.9. The van der Waals surface area contributed by atoms with E-state index < -0.39 is 47.3 Å². The average Bonchev–Trinajstić information content (AvgIpc) is 3.85. The number of anilines is 2. The van der Waals surface area contributed by atoms with Crippen LogP contribution in [-0.4, -0.2) is 69.9 Å². The number of benzene rings is 4. The highest BCUT2D eigenvalue weighted by Crippen LogP contribution is 2.69. The lowest BCUT2D eigenvalue weighted by atomic mass is 9.54. The minimum atomic E-state index is -0.870. The molecule has 10 nitrogen and oxygen atoms in total. The van der Waals surface area contributed by atoms with Crippen LogP contribution in [0, 0.1) is 6.92 Å². The van der Waals surface area contributed by atoms with Gasteiger partial charge in [0, 0.05) is 24.2 Å². The molecule has 0 bridgehead atoms. The average molecular weight is 679 g/mol. The van der Waals surface area contributed by atoms with Gasteiger partial charge in [0.1, 0.15) is 36.5 Å². The van der Waals surface area contributed by atoms with E-state index >= 15 is 0 Å². The summed E-state index contributed by atoms with van der Waals surface area (Å²) in [6, 6.07) is 31.0. The summed E-state index contributed by atoms with van der Waals surface area (Å²) < 4.78 is 0. The van der Waals surface area contributed by atoms with Crippen LogP contribution in [0.4, 0.5) is 11.4 Å². The second-order valence-corrected chi connectivity index (χ2v) is 15.1. The van der Waals surface area contributed by atoms with Gasteiger partial charge < -0.3 is 31.1 Å². The maximum atomic E-state index is 14.7. The van der Waals surface area contributed by atoms with Gasteiger partial charge in [0.15, 0.2) is 0 Å². The van der Waals surface area contributed by atoms with Crippen molar-refractivity contribution in [3.8, 4) is 0 Å². The fourth-order valence-electron chi connectivity index (χ4n) is 10.5. The van der Waals surface area contributed by atoms with Gasteiger partial charge in [-0.2, -0.15) is 0 Å². The minimum absolute atomic E-state index is 0.132. The molecular weight excluding hydrogens is 640 g/mol. The molecule has 0 aromatic heterocycles. The second kappa shape index (κ2) is 10.7. The van der Waals surface area contributed by atoms with Crippen molar-refractivity contribution in [2.75, 3.05) is 10.6 Å². The first-order valence-corrected chi connectivity index (χ1v) is 17.9. The number of amides is 4.